The summed E-state index contributed by atoms with van der Waals surface area (Å²) >= 11 is 1.35. The van der Waals surface area contributed by atoms with Crippen LogP contribution in [0.15, 0.2) is 63.2 Å². The van der Waals surface area contributed by atoms with Gasteiger partial charge >= 0.3 is 0 Å². The third kappa shape index (κ3) is 2.78. The third-order valence-corrected chi connectivity index (χ3v) is 4.98. The predicted octanol–water partition coefficient (Wildman–Crippen LogP) is 3.26. The number of ketones is 1. The summed E-state index contributed by atoms with van der Waals surface area (Å²) in [6.45, 7) is 0. The maximum Gasteiger partial charge on any atom is 0.294 e. The molecule has 106 valence electrons. The van der Waals surface area contributed by atoms with Crippen LogP contribution in [0, 0.1) is 0 Å². The lowest BCUT2D eigenvalue weighted by Gasteiger charge is -2.00. The maximum absolute atomic E-state index is 12.2. The molecule has 0 spiro atoms. The number of allylic oxidation sites excluding steroid dienone is 1. The molecule has 2 aromatic carbocycles. The molecule has 0 aliphatic carbocycles. The zero-order valence-electron chi connectivity index (χ0n) is 10.7. The first-order chi connectivity index (χ1) is 9.95. The van der Waals surface area contributed by atoms with E-state index in [2.05, 4.69) is 0 Å². The monoisotopic (exact) mass is 318 g/mol. The number of thioether (sulfide) groups is 1. The molecule has 0 radical (unpaired) electrons. The van der Waals surface area contributed by atoms with Crippen LogP contribution in [-0.2, 0) is 10.1 Å². The molecule has 4 nitrogen and oxygen atoms in total. The van der Waals surface area contributed by atoms with E-state index in [0.29, 0.717) is 16.0 Å². The molecule has 6 heteroatoms. The largest absolute Gasteiger partial charge is 0.294 e. The Morgan fingerprint density at radius 2 is 1.81 bits per heavy atom. The molecule has 0 atom stereocenters. The van der Waals surface area contributed by atoms with Gasteiger partial charge in [-0.1, -0.05) is 36.0 Å². The summed E-state index contributed by atoms with van der Waals surface area (Å²) in [6, 6.07) is 13.1. The highest BCUT2D eigenvalue weighted by atomic mass is 32.2. The quantitative estimate of drug-likeness (QED) is 0.680. The highest BCUT2D eigenvalue weighted by Gasteiger charge is 2.25. The lowest BCUT2D eigenvalue weighted by molar-refractivity contribution is 0.104. The number of hydrogen-bond acceptors (Lipinski definition) is 4. The van der Waals surface area contributed by atoms with Gasteiger partial charge in [0, 0.05) is 10.5 Å². The maximum atomic E-state index is 12.2. The fourth-order valence-corrected chi connectivity index (χ4v) is 3.64. The minimum absolute atomic E-state index is 0.0761. The first kappa shape index (κ1) is 14.1. The van der Waals surface area contributed by atoms with E-state index >= 15 is 0 Å². The van der Waals surface area contributed by atoms with Crippen molar-refractivity contribution in [3.8, 4) is 0 Å². The number of carbonyl (C=O) groups excluding carboxylic acids is 1. The van der Waals surface area contributed by atoms with Gasteiger partial charge in [0.15, 0.2) is 0 Å². The number of carbonyl (C=O) groups is 1. The fourth-order valence-electron chi connectivity index (χ4n) is 2.05. The molecule has 0 bridgehead atoms. The molecule has 0 aromatic heterocycles. The van der Waals surface area contributed by atoms with Crippen LogP contribution in [0.1, 0.15) is 15.9 Å². The number of hydrogen-bond donors (Lipinski definition) is 1. The SMILES string of the molecule is O=C1/C(=C\c2cccc(S(=O)(=O)O)c2)Sc2ccccc21. The lowest BCUT2D eigenvalue weighted by atomic mass is 10.1. The van der Waals surface area contributed by atoms with Crippen molar-refractivity contribution in [1.29, 1.82) is 0 Å². The summed E-state index contributed by atoms with van der Waals surface area (Å²) in [5.74, 6) is -0.0761. The Bertz CT molecular complexity index is 867. The molecule has 1 N–H and O–H groups in total. The second-order valence-electron chi connectivity index (χ2n) is 4.48. The van der Waals surface area contributed by atoms with Crippen molar-refractivity contribution >= 4 is 33.7 Å². The Labute approximate surface area is 126 Å². The molecule has 0 amide bonds. The van der Waals surface area contributed by atoms with Crippen molar-refractivity contribution in [2.45, 2.75) is 9.79 Å². The predicted molar refractivity (Wildman–Crippen MR) is 80.9 cm³/mol. The highest BCUT2D eigenvalue weighted by molar-refractivity contribution is 8.04. The van der Waals surface area contributed by atoms with Gasteiger partial charge in [0.05, 0.1) is 9.80 Å². The second kappa shape index (κ2) is 5.14. The van der Waals surface area contributed by atoms with Crippen molar-refractivity contribution in [2.75, 3.05) is 0 Å². The van der Waals surface area contributed by atoms with Gasteiger partial charge in [-0.15, -0.1) is 0 Å². The zero-order valence-corrected chi connectivity index (χ0v) is 12.3. The van der Waals surface area contributed by atoms with Gasteiger partial charge in [-0.25, -0.2) is 0 Å². The minimum atomic E-state index is -4.25. The van der Waals surface area contributed by atoms with Crippen molar-refractivity contribution in [2.24, 2.45) is 0 Å². The average Bonchev–Trinajstić information content (AvgIpc) is 2.75. The summed E-state index contributed by atoms with van der Waals surface area (Å²) in [7, 11) is -4.25. The molecule has 2 aromatic rings. The Morgan fingerprint density at radius 3 is 2.52 bits per heavy atom. The van der Waals surface area contributed by atoms with Crippen LogP contribution in [-0.4, -0.2) is 18.8 Å². The van der Waals surface area contributed by atoms with E-state index in [1.165, 1.54) is 30.0 Å². The highest BCUT2D eigenvalue weighted by Crippen LogP contribution is 2.40. The molecule has 0 saturated heterocycles. The van der Waals surface area contributed by atoms with Gasteiger partial charge in [-0.3, -0.25) is 9.35 Å². The Hall–Kier alpha value is -1.89. The minimum Gasteiger partial charge on any atom is -0.288 e. The van der Waals surface area contributed by atoms with E-state index in [1.54, 1.807) is 24.3 Å². The Balaban J connectivity index is 2.00. The van der Waals surface area contributed by atoms with Crippen LogP contribution in [0.3, 0.4) is 0 Å². The van der Waals surface area contributed by atoms with E-state index in [-0.39, 0.29) is 10.7 Å². The number of rotatable bonds is 2. The summed E-state index contributed by atoms with van der Waals surface area (Å²) in [5.41, 5.74) is 1.20. The van der Waals surface area contributed by atoms with E-state index in [0.717, 1.165) is 4.90 Å². The zero-order chi connectivity index (χ0) is 15.0. The van der Waals surface area contributed by atoms with Gasteiger partial charge < -0.3 is 0 Å². The number of fused-ring (bicyclic) bond motifs is 1. The van der Waals surface area contributed by atoms with Gasteiger partial charge in [-0.05, 0) is 35.9 Å². The standard InChI is InChI=1S/C15H10O4S2/c16-15-12-6-1-2-7-13(12)20-14(15)9-10-4-3-5-11(8-10)21(17,18)19/h1-9H,(H,17,18,19)/b14-9+. The molecule has 0 fully saturated rings. The summed E-state index contributed by atoms with van der Waals surface area (Å²) < 4.78 is 31.3. The summed E-state index contributed by atoms with van der Waals surface area (Å²) in [6.07, 6.45) is 1.63. The van der Waals surface area contributed by atoms with Crippen LogP contribution in [0.5, 0.6) is 0 Å². The van der Waals surface area contributed by atoms with Crippen LogP contribution >= 0.6 is 11.8 Å². The van der Waals surface area contributed by atoms with Crippen molar-refractivity contribution in [1.82, 2.24) is 0 Å². The molecular formula is C15H10O4S2. The van der Waals surface area contributed by atoms with Crippen LogP contribution in [0.4, 0.5) is 0 Å². The van der Waals surface area contributed by atoms with Crippen LogP contribution in [0.2, 0.25) is 0 Å². The summed E-state index contributed by atoms with van der Waals surface area (Å²) in [4.78, 5) is 13.5. The molecule has 1 aliphatic heterocycles. The van der Waals surface area contributed by atoms with Crippen LogP contribution in [0.25, 0.3) is 6.08 Å². The summed E-state index contributed by atoms with van der Waals surface area (Å²) in [5, 5.41) is 0. The van der Waals surface area contributed by atoms with Gasteiger partial charge in [0.1, 0.15) is 0 Å². The van der Waals surface area contributed by atoms with E-state index < -0.39 is 10.1 Å². The molecule has 1 heterocycles. The fraction of sp³-hybridized carbons (Fsp3) is 0. The van der Waals surface area contributed by atoms with Crippen molar-refractivity contribution in [3.63, 3.8) is 0 Å². The number of Topliss-reactive ketones (excluding diaryl/α,β-unsaturated/α-hetero) is 1. The molecule has 0 unspecified atom stereocenters. The molecule has 0 saturated carbocycles. The van der Waals surface area contributed by atoms with E-state index in [4.69, 9.17) is 4.55 Å². The second-order valence-corrected chi connectivity index (χ2v) is 6.99. The Morgan fingerprint density at radius 1 is 1.05 bits per heavy atom. The topological polar surface area (TPSA) is 71.4 Å². The van der Waals surface area contributed by atoms with Gasteiger partial charge in [-0.2, -0.15) is 8.42 Å². The van der Waals surface area contributed by atoms with Crippen molar-refractivity contribution in [3.05, 3.63) is 64.6 Å². The molecule has 1 aliphatic rings. The smallest absolute Gasteiger partial charge is 0.288 e. The number of benzene rings is 2. The molecule has 21 heavy (non-hydrogen) atoms. The normalized spacial score (nSPS) is 16.2. The van der Waals surface area contributed by atoms with Gasteiger partial charge in [0.25, 0.3) is 10.1 Å². The Kier molecular flexibility index (Phi) is 3.44. The molecule has 3 rings (SSSR count). The van der Waals surface area contributed by atoms with E-state index in [9.17, 15) is 13.2 Å². The van der Waals surface area contributed by atoms with Gasteiger partial charge in [0.2, 0.25) is 5.78 Å². The first-order valence-corrected chi connectivity index (χ1v) is 8.32. The van der Waals surface area contributed by atoms with Crippen molar-refractivity contribution < 1.29 is 17.8 Å². The average molecular weight is 318 g/mol. The lowest BCUT2D eigenvalue weighted by Crippen LogP contribution is -1.98. The third-order valence-electron chi connectivity index (χ3n) is 3.03. The van der Waals surface area contributed by atoms with Crippen LogP contribution < -0.4 is 0 Å². The first-order valence-electron chi connectivity index (χ1n) is 6.06. The van der Waals surface area contributed by atoms with E-state index in [1.807, 2.05) is 12.1 Å². The molecular weight excluding hydrogens is 308 g/mol.